The number of pyridine rings is 1. The molecule has 0 N–H and O–H groups in total. The zero-order valence-electron chi connectivity index (χ0n) is 11.6. The summed E-state index contributed by atoms with van der Waals surface area (Å²) in [6, 6.07) is 4.00. The van der Waals surface area contributed by atoms with Gasteiger partial charge in [0.2, 0.25) is 5.91 Å². The van der Waals surface area contributed by atoms with Gasteiger partial charge in [0, 0.05) is 25.0 Å². The average molecular weight is 250 g/mol. The minimum absolute atomic E-state index is 0.0163. The fraction of sp³-hybridized carbons (Fsp3) is 0.571. The van der Waals surface area contributed by atoms with E-state index in [9.17, 15) is 4.79 Å². The van der Waals surface area contributed by atoms with Crippen LogP contribution in [0.5, 0.6) is 0 Å². The molecule has 0 bridgehead atoms. The van der Waals surface area contributed by atoms with E-state index in [-0.39, 0.29) is 24.7 Å². The van der Waals surface area contributed by atoms with Crippen LogP contribution in [0.4, 0.5) is 0 Å². The molecule has 0 aromatic carbocycles. The molecule has 0 aliphatic carbocycles. The first kappa shape index (κ1) is 14.6. The maximum absolute atomic E-state index is 12.1. The molecular weight excluding hydrogens is 228 g/mol. The van der Waals surface area contributed by atoms with Crippen LogP contribution in [0, 0.1) is 0 Å². The molecule has 4 nitrogen and oxygen atoms in total. The number of hydrogen-bond acceptors (Lipinski definition) is 3. The van der Waals surface area contributed by atoms with E-state index >= 15 is 0 Å². The van der Waals surface area contributed by atoms with E-state index in [1.54, 1.807) is 17.3 Å². The molecule has 4 heteroatoms. The fourth-order valence-corrected chi connectivity index (χ4v) is 1.57. The molecule has 0 saturated heterocycles. The molecule has 0 radical (unpaired) electrons. The van der Waals surface area contributed by atoms with Crippen molar-refractivity contribution in [2.24, 2.45) is 0 Å². The summed E-state index contributed by atoms with van der Waals surface area (Å²) in [5.74, 6) is 0.0163. The minimum atomic E-state index is 0.0163. The summed E-state index contributed by atoms with van der Waals surface area (Å²) in [5.41, 5.74) is 1.03. The normalized spacial score (nSPS) is 11.0. The monoisotopic (exact) mass is 250 g/mol. The van der Waals surface area contributed by atoms with Gasteiger partial charge >= 0.3 is 0 Å². The summed E-state index contributed by atoms with van der Waals surface area (Å²) in [6.45, 7) is 8.57. The molecule has 18 heavy (non-hydrogen) atoms. The fourth-order valence-electron chi connectivity index (χ4n) is 1.57. The Kier molecular flexibility index (Phi) is 5.78. The number of nitrogens with zero attached hydrogens (tertiary/aromatic N) is 2. The number of hydrogen-bond donors (Lipinski definition) is 0. The first-order valence-corrected chi connectivity index (χ1v) is 6.30. The molecule has 0 unspecified atom stereocenters. The van der Waals surface area contributed by atoms with Crippen LogP contribution in [-0.4, -0.2) is 34.5 Å². The molecule has 0 atom stereocenters. The Morgan fingerprint density at radius 3 is 2.61 bits per heavy atom. The van der Waals surface area contributed by atoms with E-state index in [1.165, 1.54) is 0 Å². The van der Waals surface area contributed by atoms with Gasteiger partial charge in [-0.25, -0.2) is 0 Å². The van der Waals surface area contributed by atoms with Crippen molar-refractivity contribution >= 4 is 5.91 Å². The topological polar surface area (TPSA) is 42.4 Å². The van der Waals surface area contributed by atoms with Gasteiger partial charge in [0.1, 0.15) is 6.61 Å². The predicted octanol–water partition coefficient (Wildman–Crippen LogP) is 2.24. The Balaban J connectivity index is 2.62. The highest BCUT2D eigenvalue weighted by Gasteiger charge is 2.17. The summed E-state index contributed by atoms with van der Waals surface area (Å²) in [5, 5.41) is 0. The molecule has 1 amide bonds. The lowest BCUT2D eigenvalue weighted by atomic mass is 10.2. The van der Waals surface area contributed by atoms with Gasteiger partial charge in [-0.1, -0.05) is 6.07 Å². The molecule has 100 valence electrons. The molecule has 0 fully saturated rings. The molecule has 1 aromatic heterocycles. The van der Waals surface area contributed by atoms with Gasteiger partial charge in [0.15, 0.2) is 0 Å². The van der Waals surface area contributed by atoms with Gasteiger partial charge in [-0.2, -0.15) is 0 Å². The second kappa shape index (κ2) is 7.11. The highest BCUT2D eigenvalue weighted by molar-refractivity contribution is 5.77. The van der Waals surface area contributed by atoms with Crippen molar-refractivity contribution in [2.75, 3.05) is 6.61 Å². The Morgan fingerprint density at radius 2 is 2.11 bits per heavy atom. The Morgan fingerprint density at radius 1 is 1.39 bits per heavy atom. The second-order valence-electron chi connectivity index (χ2n) is 4.84. The lowest BCUT2D eigenvalue weighted by Crippen LogP contribution is -2.39. The molecule has 0 aliphatic rings. The third-order valence-electron chi connectivity index (χ3n) is 2.56. The molecule has 0 spiro atoms. The van der Waals surface area contributed by atoms with Crippen LogP contribution in [0.2, 0.25) is 0 Å². The standard InChI is InChI=1S/C14H22N2O2/c1-11(2)16(14(17)10-18-12(3)4)9-13-6-5-7-15-8-13/h5-8,11-12H,9-10H2,1-4H3. The first-order valence-electron chi connectivity index (χ1n) is 6.30. The second-order valence-corrected chi connectivity index (χ2v) is 4.84. The van der Waals surface area contributed by atoms with Crippen LogP contribution in [0.3, 0.4) is 0 Å². The zero-order valence-corrected chi connectivity index (χ0v) is 11.6. The maximum Gasteiger partial charge on any atom is 0.249 e. The van der Waals surface area contributed by atoms with Gasteiger partial charge in [0.05, 0.1) is 6.10 Å². The van der Waals surface area contributed by atoms with Crippen molar-refractivity contribution in [3.05, 3.63) is 30.1 Å². The van der Waals surface area contributed by atoms with Crippen molar-refractivity contribution in [1.29, 1.82) is 0 Å². The van der Waals surface area contributed by atoms with E-state index < -0.39 is 0 Å². The van der Waals surface area contributed by atoms with E-state index in [4.69, 9.17) is 4.74 Å². The van der Waals surface area contributed by atoms with Gasteiger partial charge < -0.3 is 9.64 Å². The molecular formula is C14H22N2O2. The lowest BCUT2D eigenvalue weighted by molar-refractivity contribution is -0.140. The molecule has 0 saturated carbocycles. The van der Waals surface area contributed by atoms with Crippen molar-refractivity contribution in [3.8, 4) is 0 Å². The van der Waals surface area contributed by atoms with Crippen LogP contribution < -0.4 is 0 Å². The summed E-state index contributed by atoms with van der Waals surface area (Å²) in [4.78, 5) is 17.9. The van der Waals surface area contributed by atoms with Crippen LogP contribution >= 0.6 is 0 Å². The lowest BCUT2D eigenvalue weighted by Gasteiger charge is -2.27. The number of rotatable bonds is 6. The molecule has 1 rings (SSSR count). The van der Waals surface area contributed by atoms with E-state index in [1.807, 2.05) is 39.8 Å². The smallest absolute Gasteiger partial charge is 0.249 e. The maximum atomic E-state index is 12.1. The van der Waals surface area contributed by atoms with Crippen LogP contribution in [0.25, 0.3) is 0 Å². The summed E-state index contributed by atoms with van der Waals surface area (Å²) in [6.07, 6.45) is 3.58. The minimum Gasteiger partial charge on any atom is -0.369 e. The number of carbonyl (C=O) groups excluding carboxylic acids is 1. The van der Waals surface area contributed by atoms with E-state index in [0.29, 0.717) is 6.54 Å². The van der Waals surface area contributed by atoms with Crippen molar-refractivity contribution < 1.29 is 9.53 Å². The molecule has 1 heterocycles. The summed E-state index contributed by atoms with van der Waals surface area (Å²) >= 11 is 0. The van der Waals surface area contributed by atoms with Gasteiger partial charge in [-0.15, -0.1) is 0 Å². The third kappa shape index (κ3) is 4.84. The van der Waals surface area contributed by atoms with Crippen LogP contribution in [-0.2, 0) is 16.1 Å². The Labute approximate surface area is 109 Å². The Bertz CT molecular complexity index is 363. The largest absolute Gasteiger partial charge is 0.369 e. The van der Waals surface area contributed by atoms with Gasteiger partial charge in [-0.05, 0) is 39.3 Å². The van der Waals surface area contributed by atoms with Crippen molar-refractivity contribution in [2.45, 2.75) is 46.4 Å². The van der Waals surface area contributed by atoms with E-state index in [0.717, 1.165) is 5.56 Å². The van der Waals surface area contributed by atoms with Crippen LogP contribution in [0.15, 0.2) is 24.5 Å². The number of carbonyl (C=O) groups is 1. The predicted molar refractivity (Wildman–Crippen MR) is 71.0 cm³/mol. The average Bonchev–Trinajstić information content (AvgIpc) is 2.34. The van der Waals surface area contributed by atoms with Gasteiger partial charge in [-0.3, -0.25) is 9.78 Å². The van der Waals surface area contributed by atoms with E-state index in [2.05, 4.69) is 4.98 Å². The number of aromatic nitrogens is 1. The number of ether oxygens (including phenoxy) is 1. The number of amides is 1. The quantitative estimate of drug-likeness (QED) is 0.777. The van der Waals surface area contributed by atoms with Gasteiger partial charge in [0.25, 0.3) is 0 Å². The highest BCUT2D eigenvalue weighted by Crippen LogP contribution is 2.08. The van der Waals surface area contributed by atoms with Crippen molar-refractivity contribution in [1.82, 2.24) is 9.88 Å². The summed E-state index contributed by atoms with van der Waals surface area (Å²) in [7, 11) is 0. The molecule has 1 aromatic rings. The first-order chi connectivity index (χ1) is 8.50. The van der Waals surface area contributed by atoms with Crippen LogP contribution in [0.1, 0.15) is 33.3 Å². The Hall–Kier alpha value is -1.42. The molecule has 0 aliphatic heterocycles. The highest BCUT2D eigenvalue weighted by atomic mass is 16.5. The SMILES string of the molecule is CC(C)OCC(=O)N(Cc1cccnc1)C(C)C. The van der Waals surface area contributed by atoms with Crippen molar-refractivity contribution in [3.63, 3.8) is 0 Å². The zero-order chi connectivity index (χ0) is 13.5. The third-order valence-corrected chi connectivity index (χ3v) is 2.56. The summed E-state index contributed by atoms with van der Waals surface area (Å²) < 4.78 is 5.37.